The first kappa shape index (κ1) is 18.2. The van der Waals surface area contributed by atoms with E-state index in [4.69, 9.17) is 5.73 Å². The van der Waals surface area contributed by atoms with Crippen molar-refractivity contribution in [1.82, 2.24) is 4.98 Å². The average molecular weight is 382 g/mol. The lowest BCUT2D eigenvalue weighted by atomic mass is 10.0. The molecule has 2 amide bonds. The van der Waals surface area contributed by atoms with Gasteiger partial charge in [-0.15, -0.1) is 0 Å². The second-order valence-corrected chi connectivity index (χ2v) is 6.48. The number of hydrogen-bond donors (Lipinski definition) is 3. The van der Waals surface area contributed by atoms with Gasteiger partial charge in [0.2, 0.25) is 0 Å². The van der Waals surface area contributed by atoms with Crippen molar-refractivity contribution < 1.29 is 9.59 Å². The molecule has 6 heteroatoms. The van der Waals surface area contributed by atoms with Crippen LogP contribution in [0.4, 0.5) is 17.1 Å². The first-order chi connectivity index (χ1) is 14.1. The maximum Gasteiger partial charge on any atom is 0.256 e. The lowest BCUT2D eigenvalue weighted by Gasteiger charge is -2.10. The van der Waals surface area contributed by atoms with Gasteiger partial charge >= 0.3 is 0 Å². The van der Waals surface area contributed by atoms with E-state index in [2.05, 4.69) is 15.6 Å². The van der Waals surface area contributed by atoms with Crippen LogP contribution in [-0.4, -0.2) is 16.8 Å². The van der Waals surface area contributed by atoms with Gasteiger partial charge in [-0.2, -0.15) is 0 Å². The van der Waals surface area contributed by atoms with E-state index in [0.29, 0.717) is 28.2 Å². The molecule has 0 aliphatic rings. The molecule has 0 saturated carbocycles. The molecule has 1 aromatic heterocycles. The van der Waals surface area contributed by atoms with Gasteiger partial charge in [0.15, 0.2) is 0 Å². The summed E-state index contributed by atoms with van der Waals surface area (Å²) in [5.74, 6) is -0.501. The van der Waals surface area contributed by atoms with Crippen LogP contribution < -0.4 is 16.4 Å². The summed E-state index contributed by atoms with van der Waals surface area (Å²) in [5.41, 5.74) is 8.33. The summed E-state index contributed by atoms with van der Waals surface area (Å²) in [6.07, 6.45) is 3.03. The zero-order valence-electron chi connectivity index (χ0n) is 15.4. The lowest BCUT2D eigenvalue weighted by Crippen LogP contribution is -2.14. The van der Waals surface area contributed by atoms with Crippen LogP contribution in [0.1, 0.15) is 20.7 Å². The largest absolute Gasteiger partial charge is 0.396 e. The standard InChI is InChI=1S/C23H18N4O2/c24-20-14-25-13-12-21(20)27-22(28)16-8-10-17(11-9-16)26-23(29)19-7-3-5-15-4-1-2-6-18(15)19/h1-14H,24H2,(H,26,29)(H,25,27,28). The number of carbonyl (C=O) groups excluding carboxylic acids is 2. The topological polar surface area (TPSA) is 97.1 Å². The van der Waals surface area contributed by atoms with Crippen LogP contribution in [0.3, 0.4) is 0 Å². The lowest BCUT2D eigenvalue weighted by molar-refractivity contribution is 0.102. The fourth-order valence-electron chi connectivity index (χ4n) is 3.04. The molecule has 4 aromatic rings. The molecule has 142 valence electrons. The molecule has 0 fully saturated rings. The Balaban J connectivity index is 1.49. The number of nitrogens with zero attached hydrogens (tertiary/aromatic N) is 1. The van der Waals surface area contributed by atoms with Gasteiger partial charge in [-0.1, -0.05) is 36.4 Å². The fourth-order valence-corrected chi connectivity index (χ4v) is 3.04. The fraction of sp³-hybridized carbons (Fsp3) is 0. The van der Waals surface area contributed by atoms with Gasteiger partial charge in [-0.3, -0.25) is 14.6 Å². The Bertz CT molecular complexity index is 1200. The number of aromatic nitrogens is 1. The Morgan fingerprint density at radius 2 is 1.55 bits per heavy atom. The molecule has 3 aromatic carbocycles. The van der Waals surface area contributed by atoms with Crippen LogP contribution in [0, 0.1) is 0 Å². The summed E-state index contributed by atoms with van der Waals surface area (Å²) in [4.78, 5) is 29.0. The second-order valence-electron chi connectivity index (χ2n) is 6.48. The first-order valence-corrected chi connectivity index (χ1v) is 9.02. The average Bonchev–Trinajstić information content (AvgIpc) is 2.75. The minimum absolute atomic E-state index is 0.205. The Morgan fingerprint density at radius 1 is 0.793 bits per heavy atom. The third-order valence-corrected chi connectivity index (χ3v) is 4.54. The molecular weight excluding hydrogens is 364 g/mol. The number of fused-ring (bicyclic) bond motifs is 1. The van der Waals surface area contributed by atoms with Crippen LogP contribution in [0.2, 0.25) is 0 Å². The number of anilines is 3. The van der Waals surface area contributed by atoms with Gasteiger partial charge < -0.3 is 16.4 Å². The normalized spacial score (nSPS) is 10.5. The number of amides is 2. The van der Waals surface area contributed by atoms with E-state index in [9.17, 15) is 9.59 Å². The molecule has 0 aliphatic heterocycles. The zero-order chi connectivity index (χ0) is 20.2. The molecule has 0 aliphatic carbocycles. The number of benzene rings is 3. The van der Waals surface area contributed by atoms with Gasteiger partial charge in [-0.05, 0) is 47.2 Å². The predicted octanol–water partition coefficient (Wildman–Crippen LogP) is 4.32. The summed E-state index contributed by atoms with van der Waals surface area (Å²) in [6.45, 7) is 0. The molecule has 4 rings (SSSR count). The maximum atomic E-state index is 12.7. The molecule has 0 unspecified atom stereocenters. The van der Waals surface area contributed by atoms with E-state index < -0.39 is 0 Å². The van der Waals surface area contributed by atoms with Crippen LogP contribution >= 0.6 is 0 Å². The van der Waals surface area contributed by atoms with Crippen LogP contribution in [0.25, 0.3) is 10.8 Å². The van der Waals surface area contributed by atoms with Crippen molar-refractivity contribution in [2.24, 2.45) is 0 Å². The van der Waals surface area contributed by atoms with E-state index in [1.165, 1.54) is 6.20 Å². The minimum Gasteiger partial charge on any atom is -0.396 e. The third-order valence-electron chi connectivity index (χ3n) is 4.54. The van der Waals surface area contributed by atoms with Gasteiger partial charge in [-0.25, -0.2) is 0 Å². The third kappa shape index (κ3) is 3.91. The number of carbonyl (C=O) groups is 2. The van der Waals surface area contributed by atoms with Crippen molar-refractivity contribution in [3.05, 3.63) is 96.3 Å². The molecule has 4 N–H and O–H groups in total. The highest BCUT2D eigenvalue weighted by Gasteiger charge is 2.11. The summed E-state index contributed by atoms with van der Waals surface area (Å²) >= 11 is 0. The van der Waals surface area contributed by atoms with Gasteiger partial charge in [0, 0.05) is 23.0 Å². The van der Waals surface area contributed by atoms with E-state index in [1.54, 1.807) is 42.6 Å². The molecule has 6 nitrogen and oxygen atoms in total. The van der Waals surface area contributed by atoms with Gasteiger partial charge in [0.05, 0.1) is 17.6 Å². The maximum absolute atomic E-state index is 12.7. The Hall–Kier alpha value is -4.19. The molecule has 0 radical (unpaired) electrons. The summed E-state index contributed by atoms with van der Waals surface area (Å²) in [6, 6.07) is 21.6. The van der Waals surface area contributed by atoms with E-state index >= 15 is 0 Å². The second kappa shape index (κ2) is 7.82. The number of pyridine rings is 1. The highest BCUT2D eigenvalue weighted by molar-refractivity contribution is 6.13. The van der Waals surface area contributed by atoms with Crippen LogP contribution in [0.15, 0.2) is 85.2 Å². The van der Waals surface area contributed by atoms with Crippen LogP contribution in [0.5, 0.6) is 0 Å². The molecular formula is C23H18N4O2. The van der Waals surface area contributed by atoms with Crippen molar-refractivity contribution in [1.29, 1.82) is 0 Å². The summed E-state index contributed by atoms with van der Waals surface area (Å²) in [7, 11) is 0. The van der Waals surface area contributed by atoms with E-state index in [0.717, 1.165) is 10.8 Å². The van der Waals surface area contributed by atoms with Crippen molar-refractivity contribution in [2.45, 2.75) is 0 Å². The Labute approximate surface area is 167 Å². The predicted molar refractivity (Wildman–Crippen MR) is 115 cm³/mol. The molecule has 0 spiro atoms. The highest BCUT2D eigenvalue weighted by atomic mass is 16.2. The monoisotopic (exact) mass is 382 g/mol. The van der Waals surface area contributed by atoms with Crippen molar-refractivity contribution in [3.8, 4) is 0 Å². The molecule has 0 atom stereocenters. The van der Waals surface area contributed by atoms with Gasteiger partial charge in [0.1, 0.15) is 0 Å². The summed E-state index contributed by atoms with van der Waals surface area (Å²) in [5, 5.41) is 7.51. The van der Waals surface area contributed by atoms with Crippen molar-refractivity contribution >= 4 is 39.6 Å². The van der Waals surface area contributed by atoms with E-state index in [1.807, 2.05) is 36.4 Å². The molecule has 0 saturated heterocycles. The van der Waals surface area contributed by atoms with Crippen molar-refractivity contribution in [3.63, 3.8) is 0 Å². The highest BCUT2D eigenvalue weighted by Crippen LogP contribution is 2.21. The van der Waals surface area contributed by atoms with Gasteiger partial charge in [0.25, 0.3) is 11.8 Å². The van der Waals surface area contributed by atoms with Crippen LogP contribution in [-0.2, 0) is 0 Å². The quantitative estimate of drug-likeness (QED) is 0.490. The first-order valence-electron chi connectivity index (χ1n) is 9.02. The van der Waals surface area contributed by atoms with Crippen molar-refractivity contribution in [2.75, 3.05) is 16.4 Å². The Morgan fingerprint density at radius 3 is 2.34 bits per heavy atom. The summed E-state index contributed by atoms with van der Waals surface area (Å²) < 4.78 is 0. The zero-order valence-corrected chi connectivity index (χ0v) is 15.4. The number of nitrogens with one attached hydrogen (secondary N) is 2. The number of rotatable bonds is 4. The SMILES string of the molecule is Nc1cnccc1NC(=O)c1ccc(NC(=O)c2cccc3ccccc23)cc1. The number of nitrogen functional groups attached to an aromatic ring is 1. The minimum atomic E-state index is -0.296. The number of nitrogens with two attached hydrogens (primary N) is 1. The molecule has 0 bridgehead atoms. The molecule has 1 heterocycles. The molecule has 29 heavy (non-hydrogen) atoms. The number of hydrogen-bond acceptors (Lipinski definition) is 4. The smallest absolute Gasteiger partial charge is 0.256 e. The Kier molecular flexibility index (Phi) is 4.90. The van der Waals surface area contributed by atoms with E-state index in [-0.39, 0.29) is 11.8 Å².